The maximum Gasteiger partial charge on any atom is 0.0992 e. The Labute approximate surface area is 137 Å². The minimum atomic E-state index is -0.921. The molecule has 0 amide bonds. The molecular weight excluding hydrogens is 310 g/mol. The van der Waals surface area contributed by atoms with Crippen molar-refractivity contribution in [2.45, 2.75) is 22.8 Å². The summed E-state index contributed by atoms with van der Waals surface area (Å²) < 4.78 is 13.8. The molecular formula is C18H19NOS2. The molecule has 2 aliphatic rings. The van der Waals surface area contributed by atoms with E-state index in [4.69, 9.17) is 0 Å². The molecule has 0 aliphatic carbocycles. The van der Waals surface area contributed by atoms with E-state index in [-0.39, 0.29) is 0 Å². The van der Waals surface area contributed by atoms with Crippen molar-refractivity contribution in [1.29, 1.82) is 0 Å². The third-order valence-corrected chi connectivity index (χ3v) is 7.38. The predicted octanol–water partition coefficient (Wildman–Crippen LogP) is 3.90. The molecule has 114 valence electrons. The number of rotatable bonds is 0. The molecule has 0 N–H and O–H groups in total. The number of hydrogen-bond acceptors (Lipinski definition) is 3. The Bertz CT molecular complexity index is 765. The van der Waals surface area contributed by atoms with Gasteiger partial charge in [-0.1, -0.05) is 29.8 Å². The van der Waals surface area contributed by atoms with Crippen LogP contribution in [0.3, 0.4) is 0 Å². The SMILES string of the molecule is CN1CCC(=C2c3ccccc3C[S@](=O)c3sccc32)CC1. The summed E-state index contributed by atoms with van der Waals surface area (Å²) in [6.07, 6.45) is 2.23. The number of piperidine rings is 1. The maximum atomic E-state index is 12.7. The van der Waals surface area contributed by atoms with Crippen LogP contribution in [0.1, 0.15) is 29.5 Å². The lowest BCUT2D eigenvalue weighted by Gasteiger charge is -2.27. The Hall–Kier alpha value is -1.23. The predicted molar refractivity (Wildman–Crippen MR) is 93.6 cm³/mol. The Morgan fingerprint density at radius 2 is 1.86 bits per heavy atom. The highest BCUT2D eigenvalue weighted by Gasteiger charge is 2.26. The first-order valence-electron chi connectivity index (χ1n) is 7.69. The Morgan fingerprint density at radius 1 is 1.09 bits per heavy atom. The molecule has 1 saturated heterocycles. The first-order valence-corrected chi connectivity index (χ1v) is 9.89. The fraction of sp³-hybridized carbons (Fsp3) is 0.333. The van der Waals surface area contributed by atoms with Crippen LogP contribution in [-0.4, -0.2) is 29.2 Å². The molecule has 2 aliphatic heterocycles. The largest absolute Gasteiger partial charge is 0.306 e. The minimum Gasteiger partial charge on any atom is -0.306 e. The van der Waals surface area contributed by atoms with Crippen molar-refractivity contribution in [2.24, 2.45) is 0 Å². The fourth-order valence-corrected chi connectivity index (χ4v) is 5.90. The van der Waals surface area contributed by atoms with E-state index in [2.05, 4.69) is 47.7 Å². The van der Waals surface area contributed by atoms with Gasteiger partial charge in [-0.25, -0.2) is 0 Å². The number of likely N-dealkylation sites (tertiary alicyclic amines) is 1. The average Bonchev–Trinajstić information content (AvgIpc) is 2.96. The normalized spacial score (nSPS) is 22.1. The molecule has 1 fully saturated rings. The molecule has 3 heterocycles. The highest BCUT2D eigenvalue weighted by atomic mass is 32.2. The van der Waals surface area contributed by atoms with E-state index < -0.39 is 10.8 Å². The fourth-order valence-electron chi connectivity index (χ4n) is 3.42. The summed E-state index contributed by atoms with van der Waals surface area (Å²) in [5.41, 5.74) is 6.64. The topological polar surface area (TPSA) is 20.3 Å². The van der Waals surface area contributed by atoms with Gasteiger partial charge >= 0.3 is 0 Å². The molecule has 1 atom stereocenters. The summed E-state index contributed by atoms with van der Waals surface area (Å²) in [6.45, 7) is 2.23. The summed E-state index contributed by atoms with van der Waals surface area (Å²) in [5, 5.41) is 2.09. The van der Waals surface area contributed by atoms with Crippen LogP contribution in [0.4, 0.5) is 0 Å². The molecule has 4 rings (SSSR count). The second-order valence-electron chi connectivity index (χ2n) is 6.05. The molecule has 1 aromatic carbocycles. The van der Waals surface area contributed by atoms with Gasteiger partial charge in [0.1, 0.15) is 0 Å². The number of nitrogens with zero attached hydrogens (tertiary/aromatic N) is 1. The van der Waals surface area contributed by atoms with E-state index in [9.17, 15) is 4.21 Å². The van der Waals surface area contributed by atoms with Crippen molar-refractivity contribution in [3.63, 3.8) is 0 Å². The van der Waals surface area contributed by atoms with E-state index in [1.165, 1.54) is 27.8 Å². The molecule has 2 aromatic rings. The standard InChI is InChI=1S/C18H19NOS2/c1-19-9-6-13(7-10-19)17-15-5-3-2-4-14(15)12-22(20)18-16(17)8-11-21-18/h2-5,8,11H,6-7,9-10,12H2,1H3/t22-/m0/s1. The van der Waals surface area contributed by atoms with Gasteiger partial charge in [0.2, 0.25) is 0 Å². The zero-order chi connectivity index (χ0) is 15.1. The molecule has 2 nitrogen and oxygen atoms in total. The third-order valence-electron chi connectivity index (χ3n) is 4.62. The van der Waals surface area contributed by atoms with Crippen LogP contribution >= 0.6 is 11.3 Å². The van der Waals surface area contributed by atoms with Gasteiger partial charge in [-0.2, -0.15) is 0 Å². The summed E-state index contributed by atoms with van der Waals surface area (Å²) >= 11 is 1.64. The summed E-state index contributed by atoms with van der Waals surface area (Å²) in [6, 6.07) is 10.7. The molecule has 22 heavy (non-hydrogen) atoms. The van der Waals surface area contributed by atoms with Gasteiger partial charge in [0.15, 0.2) is 0 Å². The third kappa shape index (κ3) is 2.39. The van der Waals surface area contributed by atoms with Crippen molar-refractivity contribution in [3.05, 3.63) is 58.0 Å². The van der Waals surface area contributed by atoms with Crippen molar-refractivity contribution in [3.8, 4) is 0 Å². The molecule has 0 bridgehead atoms. The van der Waals surface area contributed by atoms with Crippen molar-refractivity contribution < 1.29 is 4.21 Å². The van der Waals surface area contributed by atoms with E-state index >= 15 is 0 Å². The van der Waals surface area contributed by atoms with Gasteiger partial charge in [0.05, 0.1) is 20.8 Å². The van der Waals surface area contributed by atoms with Crippen LogP contribution in [0.25, 0.3) is 5.57 Å². The first kappa shape index (κ1) is 14.4. The number of fused-ring (bicyclic) bond motifs is 2. The lowest BCUT2D eigenvalue weighted by molar-refractivity contribution is 0.313. The number of thiophene rings is 1. The van der Waals surface area contributed by atoms with Crippen molar-refractivity contribution in [1.82, 2.24) is 4.90 Å². The van der Waals surface area contributed by atoms with E-state index in [1.807, 2.05) is 0 Å². The van der Waals surface area contributed by atoms with Gasteiger partial charge in [0.25, 0.3) is 0 Å². The zero-order valence-electron chi connectivity index (χ0n) is 12.7. The van der Waals surface area contributed by atoms with Gasteiger partial charge in [-0.15, -0.1) is 11.3 Å². The maximum absolute atomic E-state index is 12.7. The van der Waals surface area contributed by atoms with E-state index in [0.29, 0.717) is 5.75 Å². The summed E-state index contributed by atoms with van der Waals surface area (Å²) in [7, 11) is 1.27. The van der Waals surface area contributed by atoms with Gasteiger partial charge in [-0.3, -0.25) is 4.21 Å². The lowest BCUT2D eigenvalue weighted by atomic mass is 9.88. The van der Waals surface area contributed by atoms with Crippen LogP contribution in [-0.2, 0) is 16.6 Å². The Morgan fingerprint density at radius 3 is 2.68 bits per heavy atom. The van der Waals surface area contributed by atoms with Crippen LogP contribution in [0, 0.1) is 0 Å². The highest BCUT2D eigenvalue weighted by molar-refractivity contribution is 7.86. The van der Waals surface area contributed by atoms with E-state index in [0.717, 1.165) is 30.1 Å². The first-order chi connectivity index (χ1) is 10.7. The van der Waals surface area contributed by atoms with Crippen LogP contribution in [0.5, 0.6) is 0 Å². The Kier molecular flexibility index (Phi) is 3.76. The monoisotopic (exact) mass is 329 g/mol. The molecule has 0 radical (unpaired) electrons. The van der Waals surface area contributed by atoms with Gasteiger partial charge < -0.3 is 4.90 Å². The van der Waals surface area contributed by atoms with Crippen molar-refractivity contribution in [2.75, 3.05) is 20.1 Å². The van der Waals surface area contributed by atoms with Crippen LogP contribution in [0.2, 0.25) is 0 Å². The van der Waals surface area contributed by atoms with Crippen molar-refractivity contribution >= 4 is 27.7 Å². The van der Waals surface area contributed by atoms with Gasteiger partial charge in [-0.05, 0) is 48.0 Å². The summed E-state index contributed by atoms with van der Waals surface area (Å²) in [5.74, 6) is 0.639. The smallest absolute Gasteiger partial charge is 0.0992 e. The highest BCUT2D eigenvalue weighted by Crippen LogP contribution is 2.41. The second kappa shape index (κ2) is 5.76. The average molecular weight is 329 g/mol. The summed E-state index contributed by atoms with van der Waals surface area (Å²) in [4.78, 5) is 2.39. The second-order valence-corrected chi connectivity index (χ2v) is 8.61. The molecule has 4 heteroatoms. The zero-order valence-corrected chi connectivity index (χ0v) is 14.3. The number of benzene rings is 1. The van der Waals surface area contributed by atoms with Crippen LogP contribution < -0.4 is 0 Å². The minimum absolute atomic E-state index is 0.639. The van der Waals surface area contributed by atoms with Crippen LogP contribution in [0.15, 0.2) is 45.5 Å². The number of hydrogen-bond donors (Lipinski definition) is 0. The molecule has 0 spiro atoms. The van der Waals surface area contributed by atoms with Gasteiger partial charge in [0, 0.05) is 18.7 Å². The molecule has 0 saturated carbocycles. The molecule has 1 aromatic heterocycles. The lowest BCUT2D eigenvalue weighted by Crippen LogP contribution is -2.27. The van der Waals surface area contributed by atoms with E-state index in [1.54, 1.807) is 11.3 Å². The quantitative estimate of drug-likeness (QED) is 0.731. The molecule has 0 unspecified atom stereocenters. The Balaban J connectivity index is 1.96.